The van der Waals surface area contributed by atoms with Gasteiger partial charge in [0.25, 0.3) is 0 Å². The van der Waals surface area contributed by atoms with Crippen LogP contribution in [0, 0.1) is 0 Å². The van der Waals surface area contributed by atoms with E-state index < -0.39 is 0 Å². The van der Waals surface area contributed by atoms with Crippen molar-refractivity contribution in [2.75, 3.05) is 20.6 Å². The van der Waals surface area contributed by atoms with Crippen LogP contribution in [-0.4, -0.2) is 48.6 Å². The summed E-state index contributed by atoms with van der Waals surface area (Å²) in [5.41, 5.74) is 1.30. The Hall–Kier alpha value is -1.98. The number of likely N-dealkylation sites (N-methyl/N-ethyl adjacent to an activating group) is 1. The van der Waals surface area contributed by atoms with Crippen LogP contribution in [0.3, 0.4) is 0 Å². The molecule has 0 amide bonds. The lowest BCUT2D eigenvalue weighted by atomic mass is 10.2. The lowest BCUT2D eigenvalue weighted by Crippen LogP contribution is -2.54. The zero-order valence-electron chi connectivity index (χ0n) is 11.1. The van der Waals surface area contributed by atoms with E-state index in [4.69, 9.17) is 0 Å². The van der Waals surface area contributed by atoms with Crippen LogP contribution in [0.4, 0.5) is 0 Å². The first-order valence-electron chi connectivity index (χ1n) is 6.10. The SMILES string of the molecule is CN=C1NC(N(C)CCc2cc[nH]c2)=NC(C)N1. The third-order valence-corrected chi connectivity index (χ3v) is 2.88. The summed E-state index contributed by atoms with van der Waals surface area (Å²) in [6.07, 6.45) is 5.00. The summed E-state index contributed by atoms with van der Waals surface area (Å²) >= 11 is 0. The van der Waals surface area contributed by atoms with Crippen molar-refractivity contribution in [2.45, 2.75) is 19.5 Å². The number of nitrogens with zero attached hydrogens (tertiary/aromatic N) is 3. The number of nitrogens with one attached hydrogen (secondary N) is 3. The van der Waals surface area contributed by atoms with Gasteiger partial charge in [-0.05, 0) is 25.0 Å². The van der Waals surface area contributed by atoms with Crippen molar-refractivity contribution < 1.29 is 0 Å². The van der Waals surface area contributed by atoms with Crippen LogP contribution in [-0.2, 0) is 6.42 Å². The molecule has 0 spiro atoms. The first kappa shape index (κ1) is 12.5. The van der Waals surface area contributed by atoms with E-state index in [1.54, 1.807) is 7.05 Å². The van der Waals surface area contributed by atoms with Crippen LogP contribution in [0.15, 0.2) is 28.4 Å². The summed E-state index contributed by atoms with van der Waals surface area (Å²) in [4.78, 5) is 13.8. The van der Waals surface area contributed by atoms with Crippen LogP contribution in [0.2, 0.25) is 0 Å². The minimum absolute atomic E-state index is 0.0506. The van der Waals surface area contributed by atoms with Crippen molar-refractivity contribution in [3.63, 3.8) is 0 Å². The molecule has 6 nitrogen and oxygen atoms in total. The first-order valence-corrected chi connectivity index (χ1v) is 6.10. The highest BCUT2D eigenvalue weighted by molar-refractivity contribution is 6.00. The molecule has 2 rings (SSSR count). The molecular formula is C12H20N6. The molecule has 1 unspecified atom stereocenters. The van der Waals surface area contributed by atoms with Gasteiger partial charge < -0.3 is 15.2 Å². The quantitative estimate of drug-likeness (QED) is 0.724. The largest absolute Gasteiger partial charge is 0.367 e. The topological polar surface area (TPSA) is 67.8 Å². The molecule has 0 aliphatic carbocycles. The maximum atomic E-state index is 4.51. The Balaban J connectivity index is 1.94. The van der Waals surface area contributed by atoms with Gasteiger partial charge in [-0.3, -0.25) is 10.3 Å². The molecule has 0 saturated carbocycles. The van der Waals surface area contributed by atoms with Crippen LogP contribution in [0.25, 0.3) is 0 Å². The fourth-order valence-electron chi connectivity index (χ4n) is 1.82. The van der Waals surface area contributed by atoms with Crippen molar-refractivity contribution >= 4 is 11.9 Å². The lowest BCUT2D eigenvalue weighted by Gasteiger charge is -2.28. The summed E-state index contributed by atoms with van der Waals surface area (Å²) in [6, 6.07) is 2.09. The van der Waals surface area contributed by atoms with E-state index in [0.717, 1.165) is 24.9 Å². The van der Waals surface area contributed by atoms with E-state index >= 15 is 0 Å². The molecule has 98 valence electrons. The maximum absolute atomic E-state index is 4.51. The highest BCUT2D eigenvalue weighted by Gasteiger charge is 2.16. The predicted molar refractivity (Wildman–Crippen MR) is 73.7 cm³/mol. The number of aromatic nitrogens is 1. The molecule has 3 N–H and O–H groups in total. The van der Waals surface area contributed by atoms with E-state index in [2.05, 4.69) is 36.6 Å². The molecule has 2 heterocycles. The van der Waals surface area contributed by atoms with E-state index in [1.165, 1.54) is 5.56 Å². The minimum atomic E-state index is 0.0506. The lowest BCUT2D eigenvalue weighted by molar-refractivity contribution is 0.479. The molecule has 1 aromatic rings. The van der Waals surface area contributed by atoms with Gasteiger partial charge in [0.2, 0.25) is 5.96 Å². The second-order valence-electron chi connectivity index (χ2n) is 4.36. The van der Waals surface area contributed by atoms with Crippen LogP contribution < -0.4 is 10.6 Å². The number of H-pyrrole nitrogens is 1. The van der Waals surface area contributed by atoms with Crippen molar-refractivity contribution in [3.8, 4) is 0 Å². The van der Waals surface area contributed by atoms with Gasteiger partial charge in [0, 0.05) is 33.0 Å². The zero-order chi connectivity index (χ0) is 13.0. The number of hydrogen-bond donors (Lipinski definition) is 3. The second kappa shape index (κ2) is 5.57. The molecule has 0 radical (unpaired) electrons. The van der Waals surface area contributed by atoms with Crippen molar-refractivity contribution in [1.29, 1.82) is 0 Å². The third kappa shape index (κ3) is 3.03. The van der Waals surface area contributed by atoms with Crippen LogP contribution >= 0.6 is 0 Å². The third-order valence-electron chi connectivity index (χ3n) is 2.88. The molecule has 18 heavy (non-hydrogen) atoms. The Labute approximate surface area is 107 Å². The van der Waals surface area contributed by atoms with Gasteiger partial charge in [-0.1, -0.05) is 0 Å². The van der Waals surface area contributed by atoms with E-state index in [1.807, 2.05) is 26.4 Å². The average Bonchev–Trinajstić information content (AvgIpc) is 2.88. The van der Waals surface area contributed by atoms with Gasteiger partial charge in [-0.25, -0.2) is 4.99 Å². The number of aliphatic imine (C=N–C) groups is 2. The van der Waals surface area contributed by atoms with Crippen molar-refractivity contribution in [2.24, 2.45) is 9.98 Å². The summed E-state index contributed by atoms with van der Waals surface area (Å²) in [5.74, 6) is 1.62. The standard InChI is InChI=1S/C12H20N6/c1-9-15-11(13-2)17-12(16-9)18(3)7-5-10-4-6-14-8-10/h4,6,8-9,14H,5,7H2,1-3H3,(H2,13,15,16,17). The summed E-state index contributed by atoms with van der Waals surface area (Å²) in [5, 5.41) is 6.31. The van der Waals surface area contributed by atoms with Gasteiger partial charge in [0.15, 0.2) is 5.96 Å². The summed E-state index contributed by atoms with van der Waals surface area (Å²) in [7, 11) is 3.79. The van der Waals surface area contributed by atoms with Gasteiger partial charge in [0.1, 0.15) is 6.17 Å². The Kier molecular flexibility index (Phi) is 3.86. The monoisotopic (exact) mass is 248 g/mol. The Morgan fingerprint density at radius 1 is 1.50 bits per heavy atom. The zero-order valence-corrected chi connectivity index (χ0v) is 11.1. The molecule has 0 fully saturated rings. The first-order chi connectivity index (χ1) is 8.69. The second-order valence-corrected chi connectivity index (χ2v) is 4.36. The Bertz CT molecular complexity index is 433. The number of hydrogen-bond acceptors (Lipinski definition) is 3. The number of rotatable bonds is 3. The smallest absolute Gasteiger partial charge is 0.202 e. The van der Waals surface area contributed by atoms with Crippen LogP contribution in [0.1, 0.15) is 12.5 Å². The van der Waals surface area contributed by atoms with Crippen LogP contribution in [0.5, 0.6) is 0 Å². The highest BCUT2D eigenvalue weighted by Crippen LogP contribution is 2.01. The fraction of sp³-hybridized carbons (Fsp3) is 0.500. The number of aromatic amines is 1. The average molecular weight is 248 g/mol. The van der Waals surface area contributed by atoms with Gasteiger partial charge in [0.05, 0.1) is 0 Å². The predicted octanol–water partition coefficient (Wildman–Crippen LogP) is 0.370. The van der Waals surface area contributed by atoms with E-state index in [9.17, 15) is 0 Å². The molecule has 0 saturated heterocycles. The van der Waals surface area contributed by atoms with Gasteiger partial charge in [-0.15, -0.1) is 0 Å². The molecular weight excluding hydrogens is 228 g/mol. The normalized spacial score (nSPS) is 21.2. The molecule has 0 aromatic carbocycles. The number of guanidine groups is 2. The molecule has 1 aliphatic rings. The maximum Gasteiger partial charge on any atom is 0.202 e. The Morgan fingerprint density at radius 2 is 2.33 bits per heavy atom. The minimum Gasteiger partial charge on any atom is -0.367 e. The van der Waals surface area contributed by atoms with Crippen molar-refractivity contribution in [3.05, 3.63) is 24.0 Å². The molecule has 1 aromatic heterocycles. The van der Waals surface area contributed by atoms with E-state index in [-0.39, 0.29) is 6.17 Å². The van der Waals surface area contributed by atoms with Gasteiger partial charge in [-0.2, -0.15) is 0 Å². The molecule has 6 heteroatoms. The Morgan fingerprint density at radius 3 is 3.00 bits per heavy atom. The van der Waals surface area contributed by atoms with Crippen molar-refractivity contribution in [1.82, 2.24) is 20.5 Å². The molecule has 1 aliphatic heterocycles. The summed E-state index contributed by atoms with van der Waals surface area (Å²) in [6.45, 7) is 2.92. The molecule has 1 atom stereocenters. The van der Waals surface area contributed by atoms with Gasteiger partial charge >= 0.3 is 0 Å². The fourth-order valence-corrected chi connectivity index (χ4v) is 1.82. The van der Waals surface area contributed by atoms with E-state index in [0.29, 0.717) is 0 Å². The highest BCUT2D eigenvalue weighted by atomic mass is 15.4. The summed E-state index contributed by atoms with van der Waals surface area (Å²) < 4.78 is 0. The molecule has 0 bridgehead atoms.